The summed E-state index contributed by atoms with van der Waals surface area (Å²) in [6.45, 7) is 9.49. The molecule has 0 unspecified atom stereocenters. The van der Waals surface area contributed by atoms with Crippen LogP contribution in [0, 0.1) is 19.7 Å². The number of pyridine rings is 3. The van der Waals surface area contributed by atoms with E-state index in [1.54, 1.807) is 39.4 Å². The molecular weight excluding hydrogens is 559 g/mol. The van der Waals surface area contributed by atoms with Gasteiger partial charge in [-0.2, -0.15) is 0 Å². The van der Waals surface area contributed by atoms with Crippen LogP contribution in [0.4, 0.5) is 4.39 Å². The Morgan fingerprint density at radius 2 is 1.75 bits per heavy atom. The molecule has 0 saturated heterocycles. The molecular formula is C35H37FN4O4. The maximum Gasteiger partial charge on any atom is 0.307 e. The molecule has 4 aromatic heterocycles. The zero-order valence-electron chi connectivity index (χ0n) is 25.9. The molecule has 2 N–H and O–H groups in total. The third-order valence-corrected chi connectivity index (χ3v) is 7.55. The zero-order chi connectivity index (χ0) is 31.8. The summed E-state index contributed by atoms with van der Waals surface area (Å²) in [5, 5.41) is 19.1. The molecule has 6 rings (SSSR count). The van der Waals surface area contributed by atoms with E-state index < -0.39 is 17.4 Å². The zero-order valence-corrected chi connectivity index (χ0v) is 25.9. The Bertz CT molecular complexity index is 1850. The lowest BCUT2D eigenvalue weighted by Crippen LogP contribution is -2.13. The highest BCUT2D eigenvalue weighted by molar-refractivity contribution is 6.01. The van der Waals surface area contributed by atoms with E-state index in [1.807, 2.05) is 55.8 Å². The molecule has 1 aromatic carbocycles. The number of ether oxygens (including phenoxy) is 1. The summed E-state index contributed by atoms with van der Waals surface area (Å²) < 4.78 is 23.0. The molecule has 1 aliphatic rings. The number of hydrogen-bond donors (Lipinski definition) is 2. The van der Waals surface area contributed by atoms with Gasteiger partial charge in [0, 0.05) is 53.4 Å². The van der Waals surface area contributed by atoms with Gasteiger partial charge in [-0.15, -0.1) is 0 Å². The first-order valence-corrected chi connectivity index (χ1v) is 14.6. The average Bonchev–Trinajstić information content (AvgIpc) is 3.30. The van der Waals surface area contributed by atoms with E-state index in [0.717, 1.165) is 45.4 Å². The van der Waals surface area contributed by atoms with E-state index >= 15 is 4.39 Å². The van der Waals surface area contributed by atoms with E-state index in [0.29, 0.717) is 46.8 Å². The molecule has 44 heavy (non-hydrogen) atoms. The van der Waals surface area contributed by atoms with Crippen LogP contribution in [0.1, 0.15) is 49.6 Å². The van der Waals surface area contributed by atoms with Crippen molar-refractivity contribution in [3.63, 3.8) is 0 Å². The summed E-state index contributed by atoms with van der Waals surface area (Å²) >= 11 is 0. The summed E-state index contributed by atoms with van der Waals surface area (Å²) in [4.78, 5) is 25.4. The van der Waals surface area contributed by atoms with Gasteiger partial charge in [-0.25, -0.2) is 9.37 Å². The number of carboxylic acid groups (broad SMARTS) is 1. The molecule has 228 valence electrons. The second kappa shape index (κ2) is 12.2. The molecule has 0 aliphatic carbocycles. The van der Waals surface area contributed by atoms with Crippen molar-refractivity contribution in [3.8, 4) is 39.4 Å². The van der Waals surface area contributed by atoms with Crippen molar-refractivity contribution in [3.05, 3.63) is 83.2 Å². The van der Waals surface area contributed by atoms with Gasteiger partial charge in [0.25, 0.3) is 0 Å². The van der Waals surface area contributed by atoms with Crippen LogP contribution in [0.25, 0.3) is 44.7 Å². The van der Waals surface area contributed by atoms with Crippen molar-refractivity contribution >= 4 is 17.0 Å². The Balaban J connectivity index is 0.000000712. The highest BCUT2D eigenvalue weighted by atomic mass is 19.1. The normalized spacial score (nSPS) is 12.7. The molecule has 0 fully saturated rings. The third kappa shape index (κ3) is 6.33. The summed E-state index contributed by atoms with van der Waals surface area (Å²) in [7, 11) is 1.94. The number of fused-ring (bicyclic) bond motifs is 2. The minimum Gasteiger partial charge on any atom is -0.490 e. The Kier molecular flexibility index (Phi) is 8.52. The van der Waals surface area contributed by atoms with Crippen LogP contribution >= 0.6 is 0 Å². The quantitative estimate of drug-likeness (QED) is 0.228. The van der Waals surface area contributed by atoms with Crippen molar-refractivity contribution < 1.29 is 24.1 Å². The van der Waals surface area contributed by atoms with Crippen LogP contribution in [-0.2, 0) is 24.7 Å². The monoisotopic (exact) mass is 596 g/mol. The lowest BCUT2D eigenvalue weighted by atomic mass is 9.87. The maximum atomic E-state index is 15.4. The van der Waals surface area contributed by atoms with Gasteiger partial charge in [-0.1, -0.05) is 0 Å². The van der Waals surface area contributed by atoms with Gasteiger partial charge in [0.2, 0.25) is 0 Å². The molecule has 8 nitrogen and oxygen atoms in total. The molecule has 9 heteroatoms. The molecule has 0 radical (unpaired) electrons. The van der Waals surface area contributed by atoms with E-state index in [9.17, 15) is 9.90 Å². The van der Waals surface area contributed by atoms with Gasteiger partial charge in [0.15, 0.2) is 11.6 Å². The second-order valence-corrected chi connectivity index (χ2v) is 12.1. The summed E-state index contributed by atoms with van der Waals surface area (Å²) in [5.41, 5.74) is 8.09. The molecule has 5 heterocycles. The largest absolute Gasteiger partial charge is 0.490 e. The predicted octanol–water partition coefficient (Wildman–Crippen LogP) is 6.85. The number of carboxylic acids is 1. The van der Waals surface area contributed by atoms with Crippen LogP contribution in [0.3, 0.4) is 0 Å². The topological polar surface area (TPSA) is 110 Å². The minimum absolute atomic E-state index is 0.218. The Labute approximate surface area is 256 Å². The minimum atomic E-state index is -0.966. The number of aromatic nitrogens is 4. The van der Waals surface area contributed by atoms with Gasteiger partial charge >= 0.3 is 5.97 Å². The Morgan fingerprint density at radius 3 is 2.43 bits per heavy atom. The maximum absolute atomic E-state index is 15.4. The van der Waals surface area contributed by atoms with E-state index in [1.165, 1.54) is 6.07 Å². The second-order valence-electron chi connectivity index (χ2n) is 12.1. The summed E-state index contributed by atoms with van der Waals surface area (Å²) in [5.74, 6) is -1.09. The lowest BCUT2D eigenvalue weighted by molar-refractivity contribution is -0.136. The first kappa shape index (κ1) is 30.8. The van der Waals surface area contributed by atoms with Gasteiger partial charge < -0.3 is 19.5 Å². The summed E-state index contributed by atoms with van der Waals surface area (Å²) in [6.07, 6.45) is 6.53. The standard InChI is InChI=1S/C31H27FN4O3.C4H10O/c1-17-21-5-4-12-39-30(21)25(32)14-22(17)29-23(16-28(37)38)18(2)35-31-24(29)15-27(36(31)3)20-8-11-34-26(13-20)19-6-9-33-10-7-19;1-4(2,3)5/h6-11,13-15H,4-5,12,16H2,1-3H3,(H,37,38);5H,1-3H3. The van der Waals surface area contributed by atoms with Crippen molar-refractivity contribution in [1.29, 1.82) is 0 Å². The number of aryl methyl sites for hydroxylation is 2. The van der Waals surface area contributed by atoms with Crippen molar-refractivity contribution in [2.24, 2.45) is 7.05 Å². The van der Waals surface area contributed by atoms with Gasteiger partial charge in [0.1, 0.15) is 5.65 Å². The van der Waals surface area contributed by atoms with Gasteiger partial charge in [-0.05, 0) is 106 Å². The molecule has 0 atom stereocenters. The highest BCUT2D eigenvalue weighted by Gasteiger charge is 2.26. The van der Waals surface area contributed by atoms with Crippen molar-refractivity contribution in [2.45, 2.75) is 59.5 Å². The average molecular weight is 597 g/mol. The number of hydrogen-bond acceptors (Lipinski definition) is 6. The SMILES string of the molecule is CC(C)(C)O.Cc1nc2c(cc(-c3ccnc(-c4ccncc4)c3)n2C)c(-c2cc(F)c3c(c2C)CCCO3)c1CC(=O)O. The first-order valence-electron chi connectivity index (χ1n) is 14.6. The Morgan fingerprint density at radius 1 is 1.07 bits per heavy atom. The number of halogens is 1. The lowest BCUT2D eigenvalue weighted by Gasteiger charge is -2.23. The number of aliphatic carboxylic acids is 1. The molecule has 0 saturated carbocycles. The number of aliphatic hydroxyl groups is 1. The van der Waals surface area contributed by atoms with Crippen LogP contribution in [-0.4, -0.2) is 47.9 Å². The number of carbonyl (C=O) groups is 1. The molecule has 1 aliphatic heterocycles. The van der Waals surface area contributed by atoms with Crippen molar-refractivity contribution in [1.82, 2.24) is 19.5 Å². The molecule has 0 amide bonds. The molecule has 5 aromatic rings. The van der Waals surface area contributed by atoms with E-state index in [2.05, 4.69) is 9.97 Å². The summed E-state index contributed by atoms with van der Waals surface area (Å²) in [6, 6.07) is 11.3. The van der Waals surface area contributed by atoms with Gasteiger partial charge in [0.05, 0.1) is 30.0 Å². The third-order valence-electron chi connectivity index (χ3n) is 7.55. The van der Waals surface area contributed by atoms with E-state index in [-0.39, 0.29) is 6.42 Å². The molecule has 0 spiro atoms. The van der Waals surface area contributed by atoms with Crippen LogP contribution in [0.15, 0.2) is 55.0 Å². The van der Waals surface area contributed by atoms with E-state index in [4.69, 9.17) is 14.8 Å². The predicted molar refractivity (Wildman–Crippen MR) is 169 cm³/mol. The number of nitrogens with zero attached hydrogens (tertiary/aromatic N) is 4. The highest BCUT2D eigenvalue weighted by Crippen LogP contribution is 2.43. The first-order chi connectivity index (χ1) is 20.8. The fraction of sp³-hybridized carbons (Fsp3) is 0.314. The molecule has 0 bridgehead atoms. The fourth-order valence-corrected chi connectivity index (χ4v) is 5.62. The fourth-order valence-electron chi connectivity index (χ4n) is 5.62. The van der Waals surface area contributed by atoms with Crippen LogP contribution < -0.4 is 4.74 Å². The number of benzene rings is 1. The smallest absolute Gasteiger partial charge is 0.307 e. The van der Waals surface area contributed by atoms with Crippen molar-refractivity contribution in [2.75, 3.05) is 6.61 Å². The van der Waals surface area contributed by atoms with Crippen LogP contribution in [0.2, 0.25) is 0 Å². The van der Waals surface area contributed by atoms with Gasteiger partial charge in [-0.3, -0.25) is 14.8 Å². The van der Waals surface area contributed by atoms with Crippen LogP contribution in [0.5, 0.6) is 5.75 Å². The number of rotatable bonds is 5. The Hall–Kier alpha value is -4.63.